The number of halogens is 3. The van der Waals surface area contributed by atoms with Crippen molar-refractivity contribution in [3.63, 3.8) is 0 Å². The number of nitrogens with zero attached hydrogens (tertiary/aromatic N) is 3. The number of hydrogen-bond acceptors (Lipinski definition) is 4. The summed E-state index contributed by atoms with van der Waals surface area (Å²) < 4.78 is 41.6. The van der Waals surface area contributed by atoms with Crippen LogP contribution < -0.4 is 0 Å². The highest BCUT2D eigenvalue weighted by atomic mass is 19.4. The lowest BCUT2D eigenvalue weighted by Crippen LogP contribution is -2.30. The maximum absolute atomic E-state index is 12.5. The van der Waals surface area contributed by atoms with Crippen LogP contribution in [0.3, 0.4) is 0 Å². The smallest absolute Gasteiger partial charge is 0.341 e. The monoisotopic (exact) mass is 341 g/mol. The predicted octanol–water partition coefficient (Wildman–Crippen LogP) is 3.76. The lowest BCUT2D eigenvalue weighted by atomic mass is 10.1. The van der Waals surface area contributed by atoms with Crippen LogP contribution in [0.5, 0.6) is 0 Å². The first-order valence-corrected chi connectivity index (χ1v) is 7.47. The fourth-order valence-corrected chi connectivity index (χ4v) is 2.12. The van der Waals surface area contributed by atoms with Gasteiger partial charge < -0.3 is 9.42 Å². The molecule has 24 heavy (non-hydrogen) atoms. The Hall–Kier alpha value is -2.38. The lowest BCUT2D eigenvalue weighted by Gasteiger charge is -2.20. The van der Waals surface area contributed by atoms with Gasteiger partial charge in [0.1, 0.15) is 0 Å². The molecule has 0 spiro atoms. The third-order valence-corrected chi connectivity index (χ3v) is 3.71. The van der Waals surface area contributed by atoms with Crippen LogP contribution in [0.2, 0.25) is 0 Å². The number of hydrogen-bond donors (Lipinski definition) is 0. The van der Waals surface area contributed by atoms with Gasteiger partial charge in [0.2, 0.25) is 11.7 Å². The van der Waals surface area contributed by atoms with Gasteiger partial charge in [0.25, 0.3) is 0 Å². The molecule has 1 amide bonds. The first-order valence-electron chi connectivity index (χ1n) is 7.47. The molecule has 1 aromatic carbocycles. The molecule has 0 bridgehead atoms. The van der Waals surface area contributed by atoms with E-state index < -0.39 is 12.1 Å². The van der Waals surface area contributed by atoms with Crippen molar-refractivity contribution in [3.8, 4) is 11.4 Å². The molecular weight excluding hydrogens is 323 g/mol. The second-order valence-electron chi connectivity index (χ2n) is 5.62. The molecule has 0 fully saturated rings. The van der Waals surface area contributed by atoms with Crippen molar-refractivity contribution in [3.05, 3.63) is 35.7 Å². The largest absolute Gasteiger partial charge is 0.471 e. The van der Waals surface area contributed by atoms with E-state index in [0.29, 0.717) is 12.1 Å². The fraction of sp³-hybridized carbons (Fsp3) is 0.438. The Morgan fingerprint density at radius 1 is 1.29 bits per heavy atom. The van der Waals surface area contributed by atoms with Crippen molar-refractivity contribution < 1.29 is 22.5 Å². The van der Waals surface area contributed by atoms with Gasteiger partial charge in [-0.1, -0.05) is 43.3 Å². The van der Waals surface area contributed by atoms with E-state index in [9.17, 15) is 18.0 Å². The van der Waals surface area contributed by atoms with Crippen LogP contribution in [0.15, 0.2) is 28.8 Å². The van der Waals surface area contributed by atoms with E-state index in [4.69, 9.17) is 0 Å². The van der Waals surface area contributed by atoms with Crippen molar-refractivity contribution in [1.82, 2.24) is 15.0 Å². The minimum Gasteiger partial charge on any atom is -0.341 e. The van der Waals surface area contributed by atoms with Crippen LogP contribution in [-0.2, 0) is 17.5 Å². The standard InChI is InChI=1S/C16H18F3N3O2/c1-4-10(2)14(23)22(3)9-11-5-7-12(8-6-11)13-20-15(24-21-13)16(17,18)19/h5-8,10H,4,9H2,1-3H3. The average molecular weight is 341 g/mol. The quantitative estimate of drug-likeness (QED) is 0.831. The Bertz CT molecular complexity index is 695. The summed E-state index contributed by atoms with van der Waals surface area (Å²) >= 11 is 0. The molecule has 5 nitrogen and oxygen atoms in total. The van der Waals surface area contributed by atoms with Gasteiger partial charge in [-0.2, -0.15) is 18.2 Å². The average Bonchev–Trinajstić information content (AvgIpc) is 3.04. The Morgan fingerprint density at radius 2 is 1.92 bits per heavy atom. The van der Waals surface area contributed by atoms with Crippen molar-refractivity contribution in [2.75, 3.05) is 7.05 Å². The summed E-state index contributed by atoms with van der Waals surface area (Å²) in [5.74, 6) is -1.50. The molecular formula is C16H18F3N3O2. The highest BCUT2D eigenvalue weighted by Gasteiger charge is 2.38. The summed E-state index contributed by atoms with van der Waals surface area (Å²) in [5.41, 5.74) is 1.27. The third kappa shape index (κ3) is 4.12. The van der Waals surface area contributed by atoms with Gasteiger partial charge in [0.15, 0.2) is 0 Å². The van der Waals surface area contributed by atoms with Gasteiger partial charge >= 0.3 is 12.1 Å². The van der Waals surface area contributed by atoms with Gasteiger partial charge in [-0.3, -0.25) is 4.79 Å². The SMILES string of the molecule is CCC(C)C(=O)N(C)Cc1ccc(-c2noc(C(F)(F)F)n2)cc1. The Labute approximate surface area is 137 Å². The summed E-state index contributed by atoms with van der Waals surface area (Å²) in [7, 11) is 1.72. The molecule has 1 unspecified atom stereocenters. The number of aromatic nitrogens is 2. The van der Waals surface area contributed by atoms with E-state index in [-0.39, 0.29) is 17.6 Å². The van der Waals surface area contributed by atoms with Crippen LogP contribution in [0.25, 0.3) is 11.4 Å². The number of carbonyl (C=O) groups is 1. The summed E-state index contributed by atoms with van der Waals surface area (Å²) in [5, 5.41) is 3.34. The summed E-state index contributed by atoms with van der Waals surface area (Å²) in [6.45, 7) is 4.24. The van der Waals surface area contributed by atoms with E-state index in [1.807, 2.05) is 13.8 Å². The molecule has 1 atom stereocenters. The second-order valence-corrected chi connectivity index (χ2v) is 5.62. The van der Waals surface area contributed by atoms with Crippen LogP contribution in [-0.4, -0.2) is 28.0 Å². The van der Waals surface area contributed by atoms with E-state index >= 15 is 0 Å². The lowest BCUT2D eigenvalue weighted by molar-refractivity contribution is -0.159. The first kappa shape index (κ1) is 18.0. The topological polar surface area (TPSA) is 59.2 Å². The Kier molecular flexibility index (Phi) is 5.26. The van der Waals surface area contributed by atoms with E-state index in [0.717, 1.165) is 12.0 Å². The van der Waals surface area contributed by atoms with Crippen LogP contribution in [0, 0.1) is 5.92 Å². The zero-order valence-electron chi connectivity index (χ0n) is 13.6. The molecule has 0 aliphatic carbocycles. The van der Waals surface area contributed by atoms with Gasteiger partial charge in [-0.25, -0.2) is 0 Å². The zero-order chi connectivity index (χ0) is 17.9. The number of alkyl halides is 3. The van der Waals surface area contributed by atoms with Crippen molar-refractivity contribution in [2.45, 2.75) is 33.0 Å². The Morgan fingerprint density at radius 3 is 2.42 bits per heavy atom. The predicted molar refractivity (Wildman–Crippen MR) is 80.7 cm³/mol. The highest BCUT2D eigenvalue weighted by molar-refractivity contribution is 5.78. The fourth-order valence-electron chi connectivity index (χ4n) is 2.12. The molecule has 0 radical (unpaired) electrons. The molecule has 8 heteroatoms. The molecule has 130 valence electrons. The van der Waals surface area contributed by atoms with E-state index in [2.05, 4.69) is 14.7 Å². The number of rotatable bonds is 5. The minimum absolute atomic E-state index is 0.0469. The number of benzene rings is 1. The van der Waals surface area contributed by atoms with Crippen molar-refractivity contribution in [2.24, 2.45) is 5.92 Å². The molecule has 0 saturated carbocycles. The van der Waals surface area contributed by atoms with Gasteiger partial charge in [-0.05, 0) is 12.0 Å². The zero-order valence-corrected chi connectivity index (χ0v) is 13.6. The van der Waals surface area contributed by atoms with Crippen LogP contribution in [0.4, 0.5) is 13.2 Å². The number of carbonyl (C=O) groups excluding carboxylic acids is 1. The second kappa shape index (κ2) is 7.02. The van der Waals surface area contributed by atoms with Crippen LogP contribution >= 0.6 is 0 Å². The maximum atomic E-state index is 12.5. The normalized spacial score (nSPS) is 12.9. The molecule has 2 rings (SSSR count). The first-order chi connectivity index (χ1) is 11.2. The number of amides is 1. The summed E-state index contributed by atoms with van der Waals surface area (Å²) in [6.07, 6.45) is -3.90. The molecule has 1 heterocycles. The minimum atomic E-state index is -4.66. The maximum Gasteiger partial charge on any atom is 0.471 e. The van der Waals surface area contributed by atoms with Gasteiger partial charge in [-0.15, -0.1) is 0 Å². The molecule has 0 saturated heterocycles. The van der Waals surface area contributed by atoms with Gasteiger partial charge in [0.05, 0.1) is 0 Å². The molecule has 2 aromatic rings. The van der Waals surface area contributed by atoms with Crippen LogP contribution in [0.1, 0.15) is 31.7 Å². The summed E-state index contributed by atoms with van der Waals surface area (Å²) in [6, 6.07) is 6.64. The molecule has 0 N–H and O–H groups in total. The Balaban J connectivity index is 2.08. The highest BCUT2D eigenvalue weighted by Crippen LogP contribution is 2.29. The van der Waals surface area contributed by atoms with Gasteiger partial charge in [0, 0.05) is 25.1 Å². The van der Waals surface area contributed by atoms with E-state index in [1.54, 1.807) is 36.2 Å². The van der Waals surface area contributed by atoms with E-state index in [1.165, 1.54) is 0 Å². The molecule has 0 aliphatic heterocycles. The molecule has 0 aliphatic rings. The molecule has 1 aromatic heterocycles. The third-order valence-electron chi connectivity index (χ3n) is 3.71. The van der Waals surface area contributed by atoms with Crippen molar-refractivity contribution >= 4 is 5.91 Å². The van der Waals surface area contributed by atoms with Crippen molar-refractivity contribution in [1.29, 1.82) is 0 Å². The summed E-state index contributed by atoms with van der Waals surface area (Å²) in [4.78, 5) is 17.0.